The van der Waals surface area contributed by atoms with Crippen molar-refractivity contribution in [2.45, 2.75) is 44.4 Å². The predicted octanol–water partition coefficient (Wildman–Crippen LogP) is 4.27. The molecular weight excluding hydrogens is 370 g/mol. The number of piperidine rings is 1. The molecule has 1 saturated heterocycles. The average molecular weight is 400 g/mol. The van der Waals surface area contributed by atoms with E-state index in [9.17, 15) is 13.2 Å². The third-order valence-electron chi connectivity index (χ3n) is 5.70. The van der Waals surface area contributed by atoms with E-state index in [2.05, 4.69) is 31.2 Å². The average Bonchev–Trinajstić information content (AvgIpc) is 2.73. The number of aryl methyl sites for hydroxylation is 2. The van der Waals surface area contributed by atoms with Crippen LogP contribution in [0.3, 0.4) is 0 Å². The van der Waals surface area contributed by atoms with Crippen molar-refractivity contribution >= 4 is 15.7 Å². The topological polar surface area (TPSA) is 54.5 Å². The zero-order valence-electron chi connectivity index (χ0n) is 16.7. The SMILES string of the molecule is CCS(=O)(=O)c1ccccc1C(=O)N1CCC(CCc2ccc(C)cc2)CC1. The van der Waals surface area contributed by atoms with Crippen LogP contribution in [0.15, 0.2) is 53.4 Å². The van der Waals surface area contributed by atoms with Crippen LogP contribution >= 0.6 is 0 Å². The zero-order chi connectivity index (χ0) is 20.1. The Bertz CT molecular complexity index is 911. The van der Waals surface area contributed by atoms with Gasteiger partial charge in [-0.15, -0.1) is 0 Å². The molecule has 0 N–H and O–H groups in total. The molecular formula is C23H29NO3S. The van der Waals surface area contributed by atoms with Gasteiger partial charge in [-0.2, -0.15) is 0 Å². The summed E-state index contributed by atoms with van der Waals surface area (Å²) in [5, 5.41) is 0. The Morgan fingerprint density at radius 3 is 2.32 bits per heavy atom. The lowest BCUT2D eigenvalue weighted by atomic mass is 9.90. The number of carbonyl (C=O) groups is 1. The number of rotatable bonds is 6. The van der Waals surface area contributed by atoms with E-state index in [0.717, 1.165) is 25.7 Å². The van der Waals surface area contributed by atoms with Gasteiger partial charge in [-0.25, -0.2) is 8.42 Å². The fraction of sp³-hybridized carbons (Fsp3) is 0.435. The lowest BCUT2D eigenvalue weighted by Crippen LogP contribution is -2.39. The number of nitrogens with zero attached hydrogens (tertiary/aromatic N) is 1. The van der Waals surface area contributed by atoms with Crippen LogP contribution in [0.25, 0.3) is 0 Å². The van der Waals surface area contributed by atoms with Crippen LogP contribution in [0.4, 0.5) is 0 Å². The minimum Gasteiger partial charge on any atom is -0.339 e. The van der Waals surface area contributed by atoms with Crippen molar-refractivity contribution in [2.24, 2.45) is 5.92 Å². The molecule has 0 saturated carbocycles. The molecule has 3 rings (SSSR count). The molecule has 0 aromatic heterocycles. The Labute approximate surface area is 168 Å². The van der Waals surface area contributed by atoms with Crippen LogP contribution in [-0.4, -0.2) is 38.1 Å². The molecule has 0 unspecified atom stereocenters. The summed E-state index contributed by atoms with van der Waals surface area (Å²) in [6.45, 7) is 5.09. The van der Waals surface area contributed by atoms with Gasteiger partial charge in [-0.1, -0.05) is 48.9 Å². The minimum atomic E-state index is -3.41. The summed E-state index contributed by atoms with van der Waals surface area (Å²) in [6.07, 6.45) is 4.14. The standard InChI is InChI=1S/C23H29NO3S/c1-3-28(26,27)22-7-5-4-6-21(22)23(25)24-16-14-20(15-17-24)13-12-19-10-8-18(2)9-11-19/h4-11,20H,3,12-17H2,1-2H3. The van der Waals surface area contributed by atoms with Gasteiger partial charge >= 0.3 is 0 Å². The molecule has 28 heavy (non-hydrogen) atoms. The summed E-state index contributed by atoms with van der Waals surface area (Å²) < 4.78 is 24.7. The first kappa shape index (κ1) is 20.6. The summed E-state index contributed by atoms with van der Waals surface area (Å²) in [7, 11) is -3.41. The van der Waals surface area contributed by atoms with Crippen molar-refractivity contribution < 1.29 is 13.2 Å². The first-order valence-electron chi connectivity index (χ1n) is 10.1. The molecule has 4 nitrogen and oxygen atoms in total. The highest BCUT2D eigenvalue weighted by Crippen LogP contribution is 2.25. The quantitative estimate of drug-likeness (QED) is 0.729. The van der Waals surface area contributed by atoms with Crippen molar-refractivity contribution in [1.29, 1.82) is 0 Å². The van der Waals surface area contributed by atoms with Crippen LogP contribution in [0.5, 0.6) is 0 Å². The van der Waals surface area contributed by atoms with E-state index < -0.39 is 9.84 Å². The van der Waals surface area contributed by atoms with Gasteiger partial charge in [0.15, 0.2) is 9.84 Å². The third-order valence-corrected chi connectivity index (χ3v) is 7.48. The Morgan fingerprint density at radius 2 is 1.68 bits per heavy atom. The molecule has 0 aliphatic carbocycles. The maximum atomic E-state index is 13.0. The highest BCUT2D eigenvalue weighted by molar-refractivity contribution is 7.91. The van der Waals surface area contributed by atoms with Crippen LogP contribution in [0, 0.1) is 12.8 Å². The lowest BCUT2D eigenvalue weighted by molar-refractivity contribution is 0.0683. The van der Waals surface area contributed by atoms with E-state index in [-0.39, 0.29) is 16.6 Å². The number of hydrogen-bond acceptors (Lipinski definition) is 3. The second kappa shape index (κ2) is 8.91. The number of amides is 1. The fourth-order valence-electron chi connectivity index (χ4n) is 3.79. The van der Waals surface area contributed by atoms with Gasteiger partial charge < -0.3 is 4.90 Å². The molecule has 0 bridgehead atoms. The predicted molar refractivity (Wildman–Crippen MR) is 112 cm³/mol. The molecule has 5 heteroatoms. The maximum absolute atomic E-state index is 13.0. The van der Waals surface area contributed by atoms with Gasteiger partial charge in [0.2, 0.25) is 0 Å². The summed E-state index contributed by atoms with van der Waals surface area (Å²) >= 11 is 0. The van der Waals surface area contributed by atoms with Gasteiger partial charge in [0.25, 0.3) is 5.91 Å². The number of likely N-dealkylation sites (tertiary alicyclic amines) is 1. The monoisotopic (exact) mass is 399 g/mol. The Hall–Kier alpha value is -2.14. The van der Waals surface area contributed by atoms with E-state index in [4.69, 9.17) is 0 Å². The number of benzene rings is 2. The van der Waals surface area contributed by atoms with Crippen molar-refractivity contribution in [3.8, 4) is 0 Å². The summed E-state index contributed by atoms with van der Waals surface area (Å²) in [6, 6.07) is 15.3. The Kier molecular flexibility index (Phi) is 6.55. The van der Waals surface area contributed by atoms with Crippen molar-refractivity contribution in [2.75, 3.05) is 18.8 Å². The van der Waals surface area contributed by atoms with E-state index in [1.807, 2.05) is 4.90 Å². The highest BCUT2D eigenvalue weighted by Gasteiger charge is 2.27. The van der Waals surface area contributed by atoms with Crippen LogP contribution < -0.4 is 0 Å². The molecule has 2 aromatic carbocycles. The van der Waals surface area contributed by atoms with E-state index in [1.165, 1.54) is 11.1 Å². The molecule has 0 spiro atoms. The summed E-state index contributed by atoms with van der Waals surface area (Å²) in [5.74, 6) is 0.447. The van der Waals surface area contributed by atoms with Gasteiger partial charge in [0, 0.05) is 13.1 Å². The number of sulfone groups is 1. The van der Waals surface area contributed by atoms with Gasteiger partial charge in [-0.05, 0) is 56.2 Å². The molecule has 1 fully saturated rings. The molecule has 150 valence electrons. The lowest BCUT2D eigenvalue weighted by Gasteiger charge is -2.32. The number of carbonyl (C=O) groups excluding carboxylic acids is 1. The summed E-state index contributed by atoms with van der Waals surface area (Å²) in [5.41, 5.74) is 2.95. The molecule has 1 heterocycles. The smallest absolute Gasteiger partial charge is 0.255 e. The molecule has 1 aliphatic heterocycles. The van der Waals surface area contributed by atoms with Gasteiger partial charge in [-0.3, -0.25) is 4.79 Å². The van der Waals surface area contributed by atoms with Gasteiger partial charge in [0.1, 0.15) is 0 Å². The minimum absolute atomic E-state index is 0.00161. The van der Waals surface area contributed by atoms with Crippen LogP contribution in [0.1, 0.15) is 47.7 Å². The van der Waals surface area contributed by atoms with Crippen molar-refractivity contribution in [3.63, 3.8) is 0 Å². The van der Waals surface area contributed by atoms with E-state index >= 15 is 0 Å². The largest absolute Gasteiger partial charge is 0.339 e. The molecule has 0 atom stereocenters. The van der Waals surface area contributed by atoms with Crippen LogP contribution in [-0.2, 0) is 16.3 Å². The Balaban J connectivity index is 1.59. The molecule has 1 aliphatic rings. The second-order valence-electron chi connectivity index (χ2n) is 7.66. The van der Waals surface area contributed by atoms with Gasteiger partial charge in [0.05, 0.1) is 16.2 Å². The van der Waals surface area contributed by atoms with E-state index in [0.29, 0.717) is 24.6 Å². The van der Waals surface area contributed by atoms with E-state index in [1.54, 1.807) is 31.2 Å². The first-order valence-corrected chi connectivity index (χ1v) is 11.7. The molecule has 0 radical (unpaired) electrons. The summed E-state index contributed by atoms with van der Waals surface area (Å²) in [4.78, 5) is 14.9. The maximum Gasteiger partial charge on any atom is 0.255 e. The third kappa shape index (κ3) is 4.82. The normalized spacial score (nSPS) is 15.6. The second-order valence-corrected chi connectivity index (χ2v) is 9.91. The number of hydrogen-bond donors (Lipinski definition) is 0. The highest BCUT2D eigenvalue weighted by atomic mass is 32.2. The van der Waals surface area contributed by atoms with Crippen molar-refractivity contribution in [3.05, 3.63) is 65.2 Å². The Morgan fingerprint density at radius 1 is 1.04 bits per heavy atom. The zero-order valence-corrected chi connectivity index (χ0v) is 17.5. The van der Waals surface area contributed by atoms with Crippen LogP contribution in [0.2, 0.25) is 0 Å². The molecule has 2 aromatic rings. The fourth-order valence-corrected chi connectivity index (χ4v) is 4.88. The van der Waals surface area contributed by atoms with Crippen molar-refractivity contribution in [1.82, 2.24) is 4.90 Å². The molecule has 1 amide bonds. The first-order chi connectivity index (χ1) is 13.4.